The van der Waals surface area contributed by atoms with Crippen LogP contribution in [-0.2, 0) is 4.79 Å². The molecule has 4 N–H and O–H groups in total. The van der Waals surface area contributed by atoms with E-state index in [0.29, 0.717) is 23.8 Å². The molecule has 1 aromatic rings. The number of nitrogens with two attached hydrogens (primary N) is 1. The Morgan fingerprint density at radius 3 is 2.76 bits per heavy atom. The van der Waals surface area contributed by atoms with Crippen LogP contribution in [0.2, 0.25) is 5.02 Å². The van der Waals surface area contributed by atoms with Crippen molar-refractivity contribution in [3.63, 3.8) is 0 Å². The van der Waals surface area contributed by atoms with Crippen molar-refractivity contribution in [3.05, 3.63) is 34.9 Å². The van der Waals surface area contributed by atoms with Gasteiger partial charge in [0.05, 0.1) is 6.04 Å². The first-order valence-electron chi connectivity index (χ1n) is 6.93. The lowest BCUT2D eigenvalue weighted by molar-refractivity contribution is -0.133. The van der Waals surface area contributed by atoms with Gasteiger partial charge in [-0.1, -0.05) is 35.8 Å². The van der Waals surface area contributed by atoms with Crippen molar-refractivity contribution in [2.75, 3.05) is 0 Å². The maximum absolute atomic E-state index is 12.5. The summed E-state index contributed by atoms with van der Waals surface area (Å²) in [5, 5.41) is 15.5. The number of carbonyl (C=O) groups excluding carboxylic acids is 1. The number of nitrogens with one attached hydrogen (secondary N) is 1. The van der Waals surface area contributed by atoms with Gasteiger partial charge in [0.25, 0.3) is 0 Å². The van der Waals surface area contributed by atoms with E-state index in [9.17, 15) is 4.79 Å². The number of halogens is 1. The molecule has 0 aliphatic heterocycles. The summed E-state index contributed by atoms with van der Waals surface area (Å²) in [5.74, 6) is 0.164. The topological polar surface area (TPSA) is 87.7 Å². The summed E-state index contributed by atoms with van der Waals surface area (Å²) in [6, 6.07) is 7.13. The van der Waals surface area contributed by atoms with E-state index in [1.165, 1.54) is 0 Å². The predicted octanol–water partition coefficient (Wildman–Crippen LogP) is 2.68. The molecule has 1 aliphatic rings. The Kier molecular flexibility index (Phi) is 4.42. The minimum atomic E-state index is -0.888. The highest BCUT2D eigenvalue weighted by molar-refractivity contribution is 6.30. The molecule has 1 amide bonds. The van der Waals surface area contributed by atoms with E-state index in [1.807, 2.05) is 32.0 Å². The molecule has 0 bridgehead atoms. The van der Waals surface area contributed by atoms with Crippen molar-refractivity contribution < 1.29 is 10.0 Å². The van der Waals surface area contributed by atoms with Gasteiger partial charge in [-0.15, -0.1) is 0 Å². The highest BCUT2D eigenvalue weighted by Crippen LogP contribution is 2.46. The summed E-state index contributed by atoms with van der Waals surface area (Å²) in [6.07, 6.45) is 1.19. The Morgan fingerprint density at radius 2 is 2.24 bits per heavy atom. The highest BCUT2D eigenvalue weighted by Gasteiger charge is 2.52. The fourth-order valence-corrected chi connectivity index (χ4v) is 3.13. The Balaban J connectivity index is 2.13. The van der Waals surface area contributed by atoms with Crippen LogP contribution in [0, 0.1) is 11.3 Å². The van der Waals surface area contributed by atoms with E-state index in [0.717, 1.165) is 5.56 Å². The molecule has 0 radical (unpaired) electrons. The maximum atomic E-state index is 12.5. The summed E-state index contributed by atoms with van der Waals surface area (Å²) >= 11 is 5.96. The molecular formula is C15H20ClN3O2. The molecule has 2 rings (SSSR count). The van der Waals surface area contributed by atoms with E-state index in [4.69, 9.17) is 22.5 Å². The number of hydrogen-bond donors (Lipinski definition) is 3. The number of amides is 1. The lowest BCUT2D eigenvalue weighted by Gasteiger charge is -2.44. The third kappa shape index (κ3) is 2.97. The van der Waals surface area contributed by atoms with Gasteiger partial charge in [-0.3, -0.25) is 4.79 Å². The van der Waals surface area contributed by atoms with E-state index in [-0.39, 0.29) is 17.8 Å². The van der Waals surface area contributed by atoms with Crippen molar-refractivity contribution in [3.8, 4) is 0 Å². The minimum absolute atomic E-state index is 0.0172. The smallest absolute Gasteiger partial charge is 0.234 e. The monoisotopic (exact) mass is 309 g/mol. The molecule has 0 spiro atoms. The molecule has 1 unspecified atom stereocenters. The maximum Gasteiger partial charge on any atom is 0.234 e. The van der Waals surface area contributed by atoms with Gasteiger partial charge in [0.15, 0.2) is 5.84 Å². The van der Waals surface area contributed by atoms with Crippen LogP contribution in [0.5, 0.6) is 0 Å². The van der Waals surface area contributed by atoms with Crippen LogP contribution in [-0.4, -0.2) is 17.0 Å². The third-order valence-electron chi connectivity index (χ3n) is 4.12. The molecule has 1 aliphatic carbocycles. The van der Waals surface area contributed by atoms with E-state index in [1.54, 1.807) is 6.07 Å². The van der Waals surface area contributed by atoms with Crippen LogP contribution < -0.4 is 11.1 Å². The van der Waals surface area contributed by atoms with Gasteiger partial charge in [-0.25, -0.2) is 0 Å². The zero-order chi connectivity index (χ0) is 15.6. The molecule has 1 saturated carbocycles. The zero-order valence-corrected chi connectivity index (χ0v) is 12.9. The molecular weight excluding hydrogens is 290 g/mol. The largest absolute Gasteiger partial charge is 0.409 e. The van der Waals surface area contributed by atoms with Crippen LogP contribution >= 0.6 is 11.6 Å². The number of hydrogen-bond acceptors (Lipinski definition) is 3. The molecule has 0 aromatic heterocycles. The van der Waals surface area contributed by atoms with Gasteiger partial charge in [-0.05, 0) is 43.4 Å². The van der Waals surface area contributed by atoms with Crippen LogP contribution in [0.1, 0.15) is 38.3 Å². The molecule has 6 heteroatoms. The van der Waals surface area contributed by atoms with Gasteiger partial charge in [0, 0.05) is 5.02 Å². The first-order valence-corrected chi connectivity index (χ1v) is 7.31. The van der Waals surface area contributed by atoms with Crippen molar-refractivity contribution in [1.29, 1.82) is 0 Å². The zero-order valence-electron chi connectivity index (χ0n) is 12.1. The molecule has 1 aromatic carbocycles. The molecule has 5 nitrogen and oxygen atoms in total. The molecule has 114 valence electrons. The number of nitrogens with zero attached hydrogens (tertiary/aromatic N) is 1. The van der Waals surface area contributed by atoms with Gasteiger partial charge in [-0.2, -0.15) is 0 Å². The standard InChI is InChI=1S/C15H20ClN3O2/c1-9-7-15(8-9,13(17)19-21)14(20)18-10(2)11-4-3-5-12(16)6-11/h3-6,9-10,21H,7-8H2,1-2H3,(H2,17,19)(H,18,20). The summed E-state index contributed by atoms with van der Waals surface area (Å²) in [6.45, 7) is 3.92. The quantitative estimate of drug-likeness (QED) is 0.346. The van der Waals surface area contributed by atoms with Crippen LogP contribution in [0.4, 0.5) is 0 Å². The lowest BCUT2D eigenvalue weighted by atomic mass is 9.61. The molecule has 1 atom stereocenters. The fraction of sp³-hybridized carbons (Fsp3) is 0.467. The Morgan fingerprint density at radius 1 is 1.57 bits per heavy atom. The second-order valence-corrected chi connectivity index (χ2v) is 6.27. The normalized spacial score (nSPS) is 26.8. The fourth-order valence-electron chi connectivity index (χ4n) is 2.93. The van der Waals surface area contributed by atoms with Crippen molar-refractivity contribution in [1.82, 2.24) is 5.32 Å². The second kappa shape index (κ2) is 5.93. The number of carbonyl (C=O) groups is 1. The molecule has 0 heterocycles. The number of amidine groups is 1. The average molecular weight is 310 g/mol. The summed E-state index contributed by atoms with van der Waals surface area (Å²) in [7, 11) is 0. The van der Waals surface area contributed by atoms with Gasteiger partial charge >= 0.3 is 0 Å². The first kappa shape index (κ1) is 15.6. The first-order chi connectivity index (χ1) is 9.89. The molecule has 0 saturated heterocycles. The number of oxime groups is 1. The average Bonchev–Trinajstić information content (AvgIpc) is 2.42. The Hall–Kier alpha value is -1.75. The minimum Gasteiger partial charge on any atom is -0.409 e. The van der Waals surface area contributed by atoms with Crippen molar-refractivity contribution in [2.24, 2.45) is 22.2 Å². The van der Waals surface area contributed by atoms with Crippen molar-refractivity contribution >= 4 is 23.3 Å². The van der Waals surface area contributed by atoms with Crippen LogP contribution in [0.25, 0.3) is 0 Å². The number of benzene rings is 1. The van der Waals surface area contributed by atoms with Crippen molar-refractivity contribution in [2.45, 2.75) is 32.7 Å². The predicted molar refractivity (Wildman–Crippen MR) is 82.2 cm³/mol. The summed E-state index contributed by atoms with van der Waals surface area (Å²) in [4.78, 5) is 12.5. The van der Waals surface area contributed by atoms with Gasteiger partial charge < -0.3 is 16.3 Å². The summed E-state index contributed by atoms with van der Waals surface area (Å²) < 4.78 is 0. The number of rotatable bonds is 4. The Labute approximate surface area is 129 Å². The van der Waals surface area contributed by atoms with Crippen LogP contribution in [0.3, 0.4) is 0 Å². The highest BCUT2D eigenvalue weighted by atomic mass is 35.5. The van der Waals surface area contributed by atoms with Crippen LogP contribution in [0.15, 0.2) is 29.4 Å². The van der Waals surface area contributed by atoms with E-state index < -0.39 is 5.41 Å². The van der Waals surface area contributed by atoms with E-state index in [2.05, 4.69) is 10.5 Å². The van der Waals surface area contributed by atoms with Gasteiger partial charge in [0.2, 0.25) is 5.91 Å². The SMILES string of the molecule is CC1CC(C(=O)NC(C)c2cccc(Cl)c2)(/C(N)=N/O)C1. The Bertz CT molecular complexity index is 568. The molecule has 21 heavy (non-hydrogen) atoms. The molecule has 1 fully saturated rings. The second-order valence-electron chi connectivity index (χ2n) is 5.83. The van der Waals surface area contributed by atoms with E-state index >= 15 is 0 Å². The summed E-state index contributed by atoms with van der Waals surface area (Å²) in [5.41, 5.74) is 5.76. The third-order valence-corrected chi connectivity index (χ3v) is 4.36. The lowest BCUT2D eigenvalue weighted by Crippen LogP contribution is -2.57. The van der Waals surface area contributed by atoms with Gasteiger partial charge in [0.1, 0.15) is 5.41 Å².